The minimum Gasteiger partial charge on any atom is -0.497 e. The molecule has 2 heterocycles. The smallest absolute Gasteiger partial charge is 0.243 e. The van der Waals surface area contributed by atoms with Crippen molar-refractivity contribution in [3.05, 3.63) is 76.5 Å². The SMILES string of the molecule is COc1ccc(S(=O)(=O)N(CCC(C)C)CC(=O)N2CCc3sccc3C2COc2ccccc2)cc1. The molecule has 0 saturated heterocycles. The number of rotatable bonds is 11. The number of fused-ring (bicyclic) bond motifs is 1. The first-order valence-corrected chi connectivity index (χ1v) is 14.8. The van der Waals surface area contributed by atoms with Gasteiger partial charge in [0.2, 0.25) is 15.9 Å². The van der Waals surface area contributed by atoms with Crippen LogP contribution in [-0.4, -0.2) is 56.9 Å². The number of hydrogen-bond donors (Lipinski definition) is 0. The number of nitrogens with zero attached hydrogens (tertiary/aromatic N) is 2. The summed E-state index contributed by atoms with van der Waals surface area (Å²) in [4.78, 5) is 16.9. The van der Waals surface area contributed by atoms with Crippen LogP contribution in [0.2, 0.25) is 0 Å². The van der Waals surface area contributed by atoms with Crippen LogP contribution in [0.4, 0.5) is 0 Å². The third kappa shape index (κ3) is 6.52. The van der Waals surface area contributed by atoms with Crippen LogP contribution in [0.3, 0.4) is 0 Å². The molecule has 37 heavy (non-hydrogen) atoms. The monoisotopic (exact) mass is 542 g/mol. The Kier molecular flexibility index (Phi) is 8.89. The first-order valence-electron chi connectivity index (χ1n) is 12.5. The topological polar surface area (TPSA) is 76.2 Å². The second kappa shape index (κ2) is 12.1. The molecule has 1 amide bonds. The third-order valence-electron chi connectivity index (χ3n) is 6.53. The van der Waals surface area contributed by atoms with E-state index in [4.69, 9.17) is 9.47 Å². The van der Waals surface area contributed by atoms with E-state index in [0.717, 1.165) is 17.7 Å². The number of sulfonamides is 1. The van der Waals surface area contributed by atoms with E-state index in [1.165, 1.54) is 28.4 Å². The van der Waals surface area contributed by atoms with Gasteiger partial charge in [0, 0.05) is 18.0 Å². The molecule has 7 nitrogen and oxygen atoms in total. The number of hydrogen-bond acceptors (Lipinski definition) is 6. The highest BCUT2D eigenvalue weighted by Gasteiger charge is 2.35. The lowest BCUT2D eigenvalue weighted by atomic mass is 10.0. The molecule has 0 N–H and O–H groups in total. The Balaban J connectivity index is 1.57. The maximum Gasteiger partial charge on any atom is 0.243 e. The van der Waals surface area contributed by atoms with E-state index < -0.39 is 10.0 Å². The molecule has 2 aromatic carbocycles. The van der Waals surface area contributed by atoms with Crippen LogP contribution in [0.5, 0.6) is 11.5 Å². The lowest BCUT2D eigenvalue weighted by Gasteiger charge is -2.37. The van der Waals surface area contributed by atoms with Crippen molar-refractivity contribution in [1.82, 2.24) is 9.21 Å². The van der Waals surface area contributed by atoms with E-state index in [9.17, 15) is 13.2 Å². The highest BCUT2D eigenvalue weighted by Crippen LogP contribution is 2.34. The minimum atomic E-state index is -3.88. The van der Waals surface area contributed by atoms with Gasteiger partial charge in [-0.3, -0.25) is 4.79 Å². The predicted octanol–water partition coefficient (Wildman–Crippen LogP) is 5.00. The average Bonchev–Trinajstić information content (AvgIpc) is 3.39. The summed E-state index contributed by atoms with van der Waals surface area (Å²) >= 11 is 1.68. The van der Waals surface area contributed by atoms with Gasteiger partial charge < -0.3 is 14.4 Å². The Morgan fingerprint density at radius 1 is 1.08 bits per heavy atom. The van der Waals surface area contributed by atoms with Crippen LogP contribution >= 0.6 is 11.3 Å². The second-order valence-electron chi connectivity index (χ2n) is 9.47. The molecule has 1 atom stereocenters. The highest BCUT2D eigenvalue weighted by atomic mass is 32.2. The Hall–Kier alpha value is -2.88. The summed E-state index contributed by atoms with van der Waals surface area (Å²) in [5.74, 6) is 1.38. The van der Waals surface area contributed by atoms with E-state index in [2.05, 4.69) is 0 Å². The van der Waals surface area contributed by atoms with Crippen molar-refractivity contribution in [2.45, 2.75) is 37.6 Å². The van der Waals surface area contributed by atoms with Crippen LogP contribution in [0, 0.1) is 5.92 Å². The zero-order valence-corrected chi connectivity index (χ0v) is 23.1. The van der Waals surface area contributed by atoms with Gasteiger partial charge in [-0.25, -0.2) is 8.42 Å². The number of amides is 1. The van der Waals surface area contributed by atoms with Crippen LogP contribution < -0.4 is 9.47 Å². The molecule has 4 rings (SSSR count). The maximum atomic E-state index is 13.7. The largest absolute Gasteiger partial charge is 0.497 e. The van der Waals surface area contributed by atoms with Crippen molar-refractivity contribution in [3.63, 3.8) is 0 Å². The van der Waals surface area contributed by atoms with Crippen LogP contribution in [0.1, 0.15) is 36.8 Å². The van der Waals surface area contributed by atoms with Crippen molar-refractivity contribution in [2.75, 3.05) is 33.4 Å². The normalized spacial score (nSPS) is 15.6. The first-order chi connectivity index (χ1) is 17.8. The molecule has 3 aromatic rings. The molecule has 0 saturated carbocycles. The van der Waals surface area contributed by atoms with E-state index in [-0.39, 0.29) is 29.9 Å². The highest BCUT2D eigenvalue weighted by molar-refractivity contribution is 7.89. The number of para-hydroxylation sites is 1. The Morgan fingerprint density at radius 3 is 2.49 bits per heavy atom. The van der Waals surface area contributed by atoms with Gasteiger partial charge in [0.05, 0.1) is 24.6 Å². The summed E-state index contributed by atoms with van der Waals surface area (Å²) < 4.78 is 39.8. The lowest BCUT2D eigenvalue weighted by molar-refractivity contribution is -0.135. The van der Waals surface area contributed by atoms with E-state index in [0.29, 0.717) is 31.2 Å². The lowest BCUT2D eigenvalue weighted by Crippen LogP contribution is -2.48. The van der Waals surface area contributed by atoms with Gasteiger partial charge in [-0.15, -0.1) is 11.3 Å². The number of carbonyl (C=O) groups excluding carboxylic acids is 1. The molecule has 0 bridgehead atoms. The first kappa shape index (κ1) is 27.2. The molecule has 198 valence electrons. The number of methoxy groups -OCH3 is 1. The van der Waals surface area contributed by atoms with E-state index >= 15 is 0 Å². The number of carbonyl (C=O) groups is 1. The molecule has 1 aliphatic heterocycles. The molecule has 0 fully saturated rings. The molecule has 0 spiro atoms. The molecular formula is C28H34N2O5S2. The van der Waals surface area contributed by atoms with Gasteiger partial charge in [-0.2, -0.15) is 4.31 Å². The van der Waals surface area contributed by atoms with Crippen LogP contribution in [0.25, 0.3) is 0 Å². The maximum absolute atomic E-state index is 13.7. The number of ether oxygens (including phenoxy) is 2. The van der Waals surface area contributed by atoms with Gasteiger partial charge in [0.25, 0.3) is 0 Å². The fourth-order valence-corrected chi connectivity index (χ4v) is 6.72. The van der Waals surface area contributed by atoms with E-state index in [1.807, 2.05) is 55.6 Å². The van der Waals surface area contributed by atoms with Crippen molar-refractivity contribution in [2.24, 2.45) is 5.92 Å². The van der Waals surface area contributed by atoms with Gasteiger partial charge in [0.1, 0.15) is 18.1 Å². The zero-order valence-electron chi connectivity index (χ0n) is 21.5. The van der Waals surface area contributed by atoms with Gasteiger partial charge in [-0.05, 0) is 72.2 Å². The molecule has 0 radical (unpaired) electrons. The molecule has 0 aliphatic carbocycles. The van der Waals surface area contributed by atoms with Crippen molar-refractivity contribution in [1.29, 1.82) is 0 Å². The summed E-state index contributed by atoms with van der Waals surface area (Å²) in [6.45, 7) is 4.95. The van der Waals surface area contributed by atoms with Crippen molar-refractivity contribution >= 4 is 27.3 Å². The van der Waals surface area contributed by atoms with Gasteiger partial charge in [-0.1, -0.05) is 32.0 Å². The standard InChI is InChI=1S/C28H34N2O5S2/c1-21(2)13-16-29(37(32,33)24-11-9-22(34-3)10-12-24)19-28(31)30-17-14-27-25(15-18-36-27)26(30)20-35-23-7-5-4-6-8-23/h4-12,15,18,21,26H,13-14,16-17,19-20H2,1-3H3. The summed E-state index contributed by atoms with van der Waals surface area (Å²) in [5.41, 5.74) is 1.08. The summed E-state index contributed by atoms with van der Waals surface area (Å²) in [6, 6.07) is 17.6. The second-order valence-corrected chi connectivity index (χ2v) is 12.4. The minimum absolute atomic E-state index is 0.146. The van der Waals surface area contributed by atoms with Crippen LogP contribution in [0.15, 0.2) is 70.9 Å². The third-order valence-corrected chi connectivity index (χ3v) is 9.39. The Bertz CT molecular complexity index is 1270. The summed E-state index contributed by atoms with van der Waals surface area (Å²) in [6.07, 6.45) is 1.40. The van der Waals surface area contributed by atoms with Crippen LogP contribution in [-0.2, 0) is 21.2 Å². The summed E-state index contributed by atoms with van der Waals surface area (Å²) in [5, 5.41) is 2.04. The molecule has 1 unspecified atom stereocenters. The summed E-state index contributed by atoms with van der Waals surface area (Å²) in [7, 11) is -2.34. The van der Waals surface area contributed by atoms with Crippen molar-refractivity contribution < 1.29 is 22.7 Å². The molecule has 1 aliphatic rings. The Morgan fingerprint density at radius 2 is 1.81 bits per heavy atom. The predicted molar refractivity (Wildman–Crippen MR) is 146 cm³/mol. The molecular weight excluding hydrogens is 508 g/mol. The molecule has 9 heteroatoms. The Labute approximate surface area is 223 Å². The van der Waals surface area contributed by atoms with Crippen molar-refractivity contribution in [3.8, 4) is 11.5 Å². The number of thiophene rings is 1. The zero-order chi connectivity index (χ0) is 26.4. The van der Waals surface area contributed by atoms with Gasteiger partial charge >= 0.3 is 0 Å². The van der Waals surface area contributed by atoms with E-state index in [1.54, 1.807) is 28.4 Å². The average molecular weight is 543 g/mol. The van der Waals surface area contributed by atoms with Gasteiger partial charge in [0.15, 0.2) is 0 Å². The number of benzene rings is 2. The fourth-order valence-electron chi connectivity index (χ4n) is 4.39. The molecule has 1 aromatic heterocycles. The quantitative estimate of drug-likeness (QED) is 0.341. The fraction of sp³-hybridized carbons (Fsp3) is 0.393.